The lowest BCUT2D eigenvalue weighted by molar-refractivity contribution is 0.166. The number of phenols is 2. The maximum Gasteiger partial charge on any atom is 0.134 e. The van der Waals surface area contributed by atoms with Gasteiger partial charge in [0.1, 0.15) is 40.6 Å². The van der Waals surface area contributed by atoms with Gasteiger partial charge in [-0.05, 0) is 179 Å². The predicted molar refractivity (Wildman–Crippen MR) is 376 cm³/mol. The molecular weight excluding hydrogens is 1230 g/mol. The van der Waals surface area contributed by atoms with Crippen LogP contribution in [0.15, 0.2) is 164 Å². The highest BCUT2D eigenvalue weighted by molar-refractivity contribution is 6.32. The maximum absolute atomic E-state index is 13.4. The number of rotatable bonds is 21. The highest BCUT2D eigenvalue weighted by Gasteiger charge is 2.37. The van der Waals surface area contributed by atoms with E-state index in [9.17, 15) is 19.0 Å². The molecular formula is C77H88Cl2F2N12O2. The van der Waals surface area contributed by atoms with Gasteiger partial charge in [0.15, 0.2) is 0 Å². The summed E-state index contributed by atoms with van der Waals surface area (Å²) in [6, 6.07) is 49.7. The van der Waals surface area contributed by atoms with Crippen molar-refractivity contribution >= 4 is 23.2 Å². The number of hydrogen-bond donors (Lipinski definition) is 5. The molecule has 6 atom stereocenters. The molecule has 13 rings (SSSR count). The minimum Gasteiger partial charge on any atom is -0.506 e. The molecule has 4 aliphatic heterocycles. The Morgan fingerprint density at radius 3 is 1.22 bits per heavy atom. The van der Waals surface area contributed by atoms with Gasteiger partial charge in [-0.25, -0.2) is 38.7 Å². The third kappa shape index (κ3) is 20.4. The molecule has 0 spiro atoms. The second-order valence-electron chi connectivity index (χ2n) is 26.3. The van der Waals surface area contributed by atoms with E-state index in [-0.39, 0.29) is 11.5 Å². The molecule has 496 valence electrons. The van der Waals surface area contributed by atoms with E-state index in [1.165, 1.54) is 35.2 Å². The monoisotopic (exact) mass is 1320 g/mol. The summed E-state index contributed by atoms with van der Waals surface area (Å²) >= 11 is 12.0. The van der Waals surface area contributed by atoms with Crippen LogP contribution in [0, 0.1) is 11.6 Å². The number of aromatic hydroxyl groups is 2. The van der Waals surface area contributed by atoms with Crippen LogP contribution in [0.25, 0.3) is 33.8 Å². The molecule has 14 nitrogen and oxygen atoms in total. The SMILES string of the molecule is CC1CN(Cc2cccc(-c3ccnc(CCCc4cc(F)cc(F)c4)n3)c2)CC(C)N1.CC1CN(Cc2cccc(-c3ccnc(CCCc4ccc(O)c(Cl)c4)n3)c2)CC(C)N1.Oc1ccc(CCCc2nccc(-c3cccc(CN4CC5CC4CN5)c3)n2)cc1Cl. The molecule has 4 fully saturated rings. The number of likely N-dealkylation sites (tertiary alicyclic amines) is 1. The summed E-state index contributed by atoms with van der Waals surface area (Å²) in [7, 11) is 0. The van der Waals surface area contributed by atoms with Crippen LogP contribution >= 0.6 is 23.2 Å². The molecule has 4 aliphatic rings. The van der Waals surface area contributed by atoms with Crippen LogP contribution in [0.5, 0.6) is 11.5 Å². The lowest BCUT2D eigenvalue weighted by Crippen LogP contribution is -2.53. The molecule has 6 unspecified atom stereocenters. The highest BCUT2D eigenvalue weighted by Crippen LogP contribution is 2.30. The van der Waals surface area contributed by atoms with Crippen molar-refractivity contribution in [1.29, 1.82) is 0 Å². The third-order valence-electron chi connectivity index (χ3n) is 18.0. The second-order valence-corrected chi connectivity index (χ2v) is 27.1. The Kier molecular flexibility index (Phi) is 24.1. The van der Waals surface area contributed by atoms with E-state index < -0.39 is 11.6 Å². The Balaban J connectivity index is 0.000000145. The second kappa shape index (κ2) is 33.4. The van der Waals surface area contributed by atoms with Gasteiger partial charge >= 0.3 is 0 Å². The van der Waals surface area contributed by atoms with E-state index in [1.807, 2.05) is 54.9 Å². The van der Waals surface area contributed by atoms with Crippen LogP contribution in [0.4, 0.5) is 8.78 Å². The Hall–Kier alpha value is -7.64. The molecule has 0 amide bonds. The highest BCUT2D eigenvalue weighted by atomic mass is 35.5. The van der Waals surface area contributed by atoms with Gasteiger partial charge in [0.25, 0.3) is 0 Å². The van der Waals surface area contributed by atoms with Gasteiger partial charge < -0.3 is 26.2 Å². The molecule has 9 aromatic rings. The van der Waals surface area contributed by atoms with Crippen molar-refractivity contribution in [3.63, 3.8) is 0 Å². The van der Waals surface area contributed by atoms with E-state index in [0.29, 0.717) is 64.7 Å². The molecule has 6 aromatic carbocycles. The minimum absolute atomic E-state index is 0.120. The number of halogens is 4. The predicted octanol–water partition coefficient (Wildman–Crippen LogP) is 13.9. The van der Waals surface area contributed by atoms with E-state index >= 15 is 0 Å². The van der Waals surface area contributed by atoms with Gasteiger partial charge in [-0.15, -0.1) is 0 Å². The summed E-state index contributed by atoms with van der Waals surface area (Å²) in [5.41, 5.74) is 13.0. The maximum atomic E-state index is 13.4. The number of benzene rings is 6. The summed E-state index contributed by atoms with van der Waals surface area (Å²) in [6.45, 7) is 18.3. The Bertz CT molecular complexity index is 3960. The first-order chi connectivity index (χ1) is 46.0. The number of piperazine rings is 3. The zero-order valence-corrected chi connectivity index (χ0v) is 56.4. The first-order valence-corrected chi connectivity index (χ1v) is 34.4. The standard InChI is InChI=1S/C26H31ClN4O.C26H30F2N4.C25H27ClN4O/c1-18-15-31(16-19(2)29-18)17-21-6-3-7-22(13-21)24-11-12-28-26(30-24)8-4-5-20-9-10-25(32)23(27)14-20;1-18-15-32(16-19(2)30-18)17-21-6-3-7-22(11-21)25-9-10-29-26(31-25)8-4-5-20-12-23(27)14-24(28)13-20;26-22-12-17(7-8-24(22)31)3-2-6-25-27-10-9-23(29-25)19-5-1-4-18(11-19)15-30-16-20-13-21(30)14-28-20/h3,6-7,9-14,18-19,29,32H,4-5,8,15-17H2,1-2H3;3,6-7,9-14,18-19,30H,4-5,8,15-17H2,1-2H3;1,4-5,7-12,20-21,28,31H,2-3,6,13-16H2. The van der Waals surface area contributed by atoms with Gasteiger partial charge in [0.2, 0.25) is 0 Å². The van der Waals surface area contributed by atoms with Gasteiger partial charge in [-0.2, -0.15) is 0 Å². The Morgan fingerprint density at radius 1 is 0.442 bits per heavy atom. The summed E-state index contributed by atoms with van der Waals surface area (Å²) < 4.78 is 26.7. The number of aryl methyl sites for hydroxylation is 6. The number of fused-ring (bicyclic) bond motifs is 2. The van der Waals surface area contributed by atoms with Gasteiger partial charge in [-0.3, -0.25) is 14.7 Å². The Labute approximate surface area is 568 Å². The molecule has 4 saturated heterocycles. The van der Waals surface area contributed by atoms with Crippen molar-refractivity contribution in [2.45, 2.75) is 148 Å². The van der Waals surface area contributed by atoms with Crippen molar-refractivity contribution in [3.05, 3.63) is 237 Å². The molecule has 5 N–H and O–H groups in total. The van der Waals surface area contributed by atoms with Gasteiger partial charge in [-0.1, -0.05) is 89.9 Å². The average Bonchev–Trinajstić information content (AvgIpc) is 1.80. The molecule has 95 heavy (non-hydrogen) atoms. The molecule has 7 heterocycles. The van der Waals surface area contributed by atoms with Crippen molar-refractivity contribution in [2.75, 3.05) is 39.3 Å². The molecule has 0 saturated carbocycles. The number of aromatic nitrogens is 6. The zero-order valence-electron chi connectivity index (χ0n) is 54.9. The smallest absolute Gasteiger partial charge is 0.134 e. The van der Waals surface area contributed by atoms with Gasteiger partial charge in [0, 0.05) is 156 Å². The van der Waals surface area contributed by atoms with Crippen LogP contribution in [-0.2, 0) is 58.2 Å². The van der Waals surface area contributed by atoms with Crippen LogP contribution in [0.2, 0.25) is 10.0 Å². The Morgan fingerprint density at radius 2 is 0.842 bits per heavy atom. The van der Waals surface area contributed by atoms with Crippen LogP contribution in [0.3, 0.4) is 0 Å². The first-order valence-electron chi connectivity index (χ1n) is 33.6. The molecule has 0 aliphatic carbocycles. The fourth-order valence-corrected chi connectivity index (χ4v) is 14.2. The van der Waals surface area contributed by atoms with Crippen molar-refractivity contribution in [3.8, 4) is 45.3 Å². The molecule has 3 aromatic heterocycles. The van der Waals surface area contributed by atoms with E-state index in [2.05, 4.69) is 146 Å². The number of nitrogens with one attached hydrogen (secondary N) is 3. The lowest BCUT2D eigenvalue weighted by Gasteiger charge is -2.36. The zero-order chi connectivity index (χ0) is 66.2. The average molecular weight is 1320 g/mol. The summed E-state index contributed by atoms with van der Waals surface area (Å²) in [5, 5.41) is 30.6. The van der Waals surface area contributed by atoms with E-state index in [1.54, 1.807) is 18.3 Å². The van der Waals surface area contributed by atoms with Crippen molar-refractivity contribution in [2.24, 2.45) is 0 Å². The van der Waals surface area contributed by atoms with Crippen LogP contribution < -0.4 is 16.0 Å². The lowest BCUT2D eigenvalue weighted by atomic mass is 10.1. The largest absolute Gasteiger partial charge is 0.506 e. The van der Waals surface area contributed by atoms with Gasteiger partial charge in [0.05, 0.1) is 27.1 Å². The minimum atomic E-state index is -0.539. The van der Waals surface area contributed by atoms with Crippen LogP contribution in [0.1, 0.15) is 104 Å². The van der Waals surface area contributed by atoms with E-state index in [4.69, 9.17) is 38.2 Å². The fourth-order valence-electron chi connectivity index (χ4n) is 13.8. The van der Waals surface area contributed by atoms with Crippen LogP contribution in [-0.4, -0.2) is 130 Å². The number of nitrogens with zero attached hydrogens (tertiary/aromatic N) is 9. The fraction of sp³-hybridized carbons (Fsp3) is 0.377. The quantitative estimate of drug-likeness (QED) is 0.0462. The van der Waals surface area contributed by atoms with Crippen molar-refractivity contribution < 1.29 is 19.0 Å². The third-order valence-corrected chi connectivity index (χ3v) is 18.6. The molecule has 18 heteroatoms. The molecule has 2 bridgehead atoms. The number of hydrogen-bond acceptors (Lipinski definition) is 14. The summed E-state index contributed by atoms with van der Waals surface area (Å²) in [6.07, 6.45) is 13.9. The topological polar surface area (TPSA) is 164 Å². The summed E-state index contributed by atoms with van der Waals surface area (Å²) in [4.78, 5) is 35.3. The first kappa shape index (κ1) is 68.7. The van der Waals surface area contributed by atoms with E-state index in [0.717, 1.165) is 172 Å². The summed E-state index contributed by atoms with van der Waals surface area (Å²) in [5.74, 6) is 1.62. The number of phenolic OH excluding ortho intramolecular Hbond substituents is 2. The van der Waals surface area contributed by atoms with Crippen molar-refractivity contribution in [1.82, 2.24) is 60.6 Å². The molecule has 0 radical (unpaired) electrons. The normalized spacial score (nSPS) is 19.6.